The van der Waals surface area contributed by atoms with Crippen LogP contribution in [-0.4, -0.2) is 65.9 Å². The molecule has 0 aliphatic heterocycles. The molecule has 142 valence electrons. The maximum absolute atomic E-state index is 11.2. The number of carboxylic acid groups (broad SMARTS) is 1. The number of hydrogen-bond acceptors (Lipinski definition) is 9. The fourth-order valence-electron chi connectivity index (χ4n) is 2.57. The van der Waals surface area contributed by atoms with Gasteiger partial charge in [-0.25, -0.2) is 4.79 Å². The number of fused-ring (bicyclic) bond motifs is 1. The molecule has 11 nitrogen and oxygen atoms in total. The van der Waals surface area contributed by atoms with Crippen LogP contribution in [0.25, 0.3) is 11.2 Å². The molecule has 0 radical (unpaired) electrons. The number of carbonyl (C=O) groups is 1. The molecule has 3 aromatic rings. The molecule has 27 heavy (non-hydrogen) atoms. The van der Waals surface area contributed by atoms with Crippen LogP contribution in [0.15, 0.2) is 18.2 Å². The lowest BCUT2D eigenvalue weighted by molar-refractivity contribution is 0.0694. The lowest BCUT2D eigenvalue weighted by Gasteiger charge is -2.26. The summed E-state index contributed by atoms with van der Waals surface area (Å²) in [6.45, 7) is 4.15. The first-order chi connectivity index (χ1) is 12.9. The molecule has 0 fully saturated rings. The number of phenols is 1. The van der Waals surface area contributed by atoms with Crippen molar-refractivity contribution in [1.29, 1.82) is 0 Å². The summed E-state index contributed by atoms with van der Waals surface area (Å²) < 4.78 is 0. The van der Waals surface area contributed by atoms with Gasteiger partial charge in [0.25, 0.3) is 0 Å². The number of rotatable bonds is 7. The highest BCUT2D eigenvalue weighted by atomic mass is 16.4. The molecule has 0 atom stereocenters. The normalized spacial score (nSPS) is 11.1. The third-order valence-electron chi connectivity index (χ3n) is 3.88. The number of anilines is 3. The number of nitrogens with zero attached hydrogens (tertiary/aromatic N) is 5. The zero-order valence-corrected chi connectivity index (χ0v) is 14.7. The van der Waals surface area contributed by atoms with E-state index in [0.29, 0.717) is 35.2 Å². The quantitative estimate of drug-likeness (QED) is 0.379. The summed E-state index contributed by atoms with van der Waals surface area (Å²) in [5.74, 6) is -0.925. The summed E-state index contributed by atoms with van der Waals surface area (Å²) in [4.78, 5) is 21.8. The standard InChI is InChI=1S/C16H19N7O4/c1-8(2)23(5-6-24)16-18-13(12-14(19-16)21-22-20-12)17-9-3-4-11(25)10(7-9)15(26)27/h3-4,7-8,24-25H,5-6H2,1-2H3,(H,26,27)(H2,17,18,19,20,21,22). The summed E-state index contributed by atoms with van der Waals surface area (Å²) in [6, 6.07) is 4.12. The number of benzene rings is 1. The van der Waals surface area contributed by atoms with Gasteiger partial charge in [0.2, 0.25) is 11.6 Å². The Morgan fingerprint density at radius 1 is 1.30 bits per heavy atom. The average Bonchev–Trinajstić information content (AvgIpc) is 3.09. The molecule has 0 spiro atoms. The molecule has 0 unspecified atom stereocenters. The van der Waals surface area contributed by atoms with Crippen LogP contribution < -0.4 is 10.2 Å². The number of H-pyrrole nitrogens is 1. The van der Waals surface area contributed by atoms with Crippen molar-refractivity contribution in [3.63, 3.8) is 0 Å². The van der Waals surface area contributed by atoms with Crippen LogP contribution in [0.3, 0.4) is 0 Å². The van der Waals surface area contributed by atoms with Gasteiger partial charge >= 0.3 is 5.97 Å². The maximum Gasteiger partial charge on any atom is 0.339 e. The Bertz CT molecular complexity index is 973. The minimum Gasteiger partial charge on any atom is -0.507 e. The molecule has 0 saturated heterocycles. The fraction of sp³-hybridized carbons (Fsp3) is 0.312. The van der Waals surface area contributed by atoms with E-state index in [9.17, 15) is 15.0 Å². The van der Waals surface area contributed by atoms with E-state index >= 15 is 0 Å². The van der Waals surface area contributed by atoms with Crippen molar-refractivity contribution in [1.82, 2.24) is 25.4 Å². The smallest absolute Gasteiger partial charge is 0.339 e. The average molecular weight is 373 g/mol. The molecule has 0 aliphatic rings. The number of aromatic amines is 1. The summed E-state index contributed by atoms with van der Waals surface area (Å²) in [6.07, 6.45) is 0. The molecule has 11 heteroatoms. The van der Waals surface area contributed by atoms with Gasteiger partial charge in [-0.1, -0.05) is 0 Å². The minimum absolute atomic E-state index is 0.0293. The monoisotopic (exact) mass is 373 g/mol. The highest BCUT2D eigenvalue weighted by Crippen LogP contribution is 2.27. The molecule has 0 bridgehead atoms. The number of hydrogen-bond donors (Lipinski definition) is 5. The van der Waals surface area contributed by atoms with Crippen molar-refractivity contribution >= 4 is 34.6 Å². The second-order valence-corrected chi connectivity index (χ2v) is 6.04. The summed E-state index contributed by atoms with van der Waals surface area (Å²) in [7, 11) is 0. The van der Waals surface area contributed by atoms with E-state index in [4.69, 9.17) is 5.11 Å². The zero-order valence-electron chi connectivity index (χ0n) is 14.7. The Labute approximate surface area is 153 Å². The van der Waals surface area contributed by atoms with E-state index in [1.807, 2.05) is 13.8 Å². The Morgan fingerprint density at radius 3 is 2.74 bits per heavy atom. The number of nitrogens with one attached hydrogen (secondary N) is 2. The first-order valence-corrected chi connectivity index (χ1v) is 8.20. The molecule has 0 saturated carbocycles. The van der Waals surface area contributed by atoms with Crippen molar-refractivity contribution < 1.29 is 20.1 Å². The molecule has 2 heterocycles. The van der Waals surface area contributed by atoms with E-state index < -0.39 is 5.97 Å². The largest absolute Gasteiger partial charge is 0.507 e. The van der Waals surface area contributed by atoms with Gasteiger partial charge in [0.15, 0.2) is 11.3 Å². The van der Waals surface area contributed by atoms with Gasteiger partial charge in [-0.2, -0.15) is 20.3 Å². The van der Waals surface area contributed by atoms with E-state index in [0.717, 1.165) is 0 Å². The molecule has 2 aromatic heterocycles. The Kier molecular flexibility index (Phi) is 5.03. The zero-order chi connectivity index (χ0) is 19.6. The molecule has 5 N–H and O–H groups in total. The Balaban J connectivity index is 2.05. The number of aliphatic hydroxyl groups is 1. The SMILES string of the molecule is CC(C)N(CCO)c1nc(Nc2ccc(O)c(C(=O)O)c2)c2n[nH]nc2n1. The summed E-state index contributed by atoms with van der Waals surface area (Å²) in [5.41, 5.74) is 0.854. The highest BCUT2D eigenvalue weighted by molar-refractivity contribution is 5.93. The van der Waals surface area contributed by atoms with Crippen LogP contribution in [0.5, 0.6) is 5.75 Å². The van der Waals surface area contributed by atoms with Crippen molar-refractivity contribution in [2.24, 2.45) is 0 Å². The van der Waals surface area contributed by atoms with Crippen LogP contribution in [-0.2, 0) is 0 Å². The van der Waals surface area contributed by atoms with Gasteiger partial charge in [0.05, 0.1) is 6.61 Å². The van der Waals surface area contributed by atoms with Crippen molar-refractivity contribution in [3.05, 3.63) is 23.8 Å². The number of carboxylic acids is 1. The third kappa shape index (κ3) is 3.72. The van der Waals surface area contributed by atoms with Gasteiger partial charge < -0.3 is 25.5 Å². The Hall–Kier alpha value is -3.47. The van der Waals surface area contributed by atoms with Gasteiger partial charge in [0.1, 0.15) is 11.3 Å². The van der Waals surface area contributed by atoms with Gasteiger partial charge in [-0.05, 0) is 32.0 Å². The first kappa shape index (κ1) is 18.3. The fourth-order valence-corrected chi connectivity index (χ4v) is 2.57. The van der Waals surface area contributed by atoms with Crippen molar-refractivity contribution in [3.8, 4) is 5.75 Å². The van der Waals surface area contributed by atoms with E-state index in [1.54, 1.807) is 4.90 Å². The number of aliphatic hydroxyl groups excluding tert-OH is 1. The minimum atomic E-state index is -1.25. The predicted molar refractivity (Wildman–Crippen MR) is 97.4 cm³/mol. The van der Waals surface area contributed by atoms with Gasteiger partial charge in [-0.3, -0.25) is 0 Å². The molecule has 1 aromatic carbocycles. The van der Waals surface area contributed by atoms with Crippen LogP contribution in [0.2, 0.25) is 0 Å². The van der Waals surface area contributed by atoms with E-state index in [-0.39, 0.29) is 24.0 Å². The summed E-state index contributed by atoms with van der Waals surface area (Å²) >= 11 is 0. The maximum atomic E-state index is 11.2. The lowest BCUT2D eigenvalue weighted by atomic mass is 10.2. The van der Waals surface area contributed by atoms with Crippen molar-refractivity contribution in [2.45, 2.75) is 19.9 Å². The van der Waals surface area contributed by atoms with E-state index in [2.05, 4.69) is 30.7 Å². The first-order valence-electron chi connectivity index (χ1n) is 8.20. The van der Waals surface area contributed by atoms with Crippen molar-refractivity contribution in [2.75, 3.05) is 23.4 Å². The number of aromatic nitrogens is 5. The van der Waals surface area contributed by atoms with Gasteiger partial charge in [-0.15, -0.1) is 5.10 Å². The molecule has 0 aliphatic carbocycles. The molecule has 0 amide bonds. The van der Waals surface area contributed by atoms with Crippen LogP contribution in [0, 0.1) is 0 Å². The predicted octanol–water partition coefficient (Wildman–Crippen LogP) is 1.10. The molecule has 3 rings (SSSR count). The van der Waals surface area contributed by atoms with Crippen LogP contribution >= 0.6 is 0 Å². The topological polar surface area (TPSA) is 160 Å². The van der Waals surface area contributed by atoms with Crippen LogP contribution in [0.4, 0.5) is 17.5 Å². The molecular formula is C16H19N7O4. The van der Waals surface area contributed by atoms with E-state index in [1.165, 1.54) is 18.2 Å². The highest BCUT2D eigenvalue weighted by Gasteiger charge is 2.19. The van der Waals surface area contributed by atoms with Crippen LogP contribution in [0.1, 0.15) is 24.2 Å². The molecular weight excluding hydrogens is 354 g/mol. The second kappa shape index (κ2) is 7.41. The van der Waals surface area contributed by atoms with Gasteiger partial charge in [0, 0.05) is 18.3 Å². The number of aromatic hydroxyl groups is 1. The summed E-state index contributed by atoms with van der Waals surface area (Å²) in [5, 5.41) is 41.6. The Morgan fingerprint density at radius 2 is 2.07 bits per heavy atom. The second-order valence-electron chi connectivity index (χ2n) is 6.04. The lowest BCUT2D eigenvalue weighted by Crippen LogP contribution is -2.35. The third-order valence-corrected chi connectivity index (χ3v) is 3.88. The number of aromatic carboxylic acids is 1.